The molecule has 0 aromatic carbocycles. The normalized spacial score (nSPS) is 12.2. The number of carbonyl (C=O) groups excluding carboxylic acids is 3. The van der Waals surface area contributed by atoms with E-state index >= 15 is 0 Å². The van der Waals surface area contributed by atoms with Crippen molar-refractivity contribution in [2.24, 2.45) is 17.8 Å². The molecule has 0 N–H and O–H groups in total. The number of carbonyl (C=O) groups is 3. The van der Waals surface area contributed by atoms with Crippen molar-refractivity contribution in [3.63, 3.8) is 0 Å². The maximum absolute atomic E-state index is 12.7. The van der Waals surface area contributed by atoms with E-state index in [-0.39, 0.29) is 31.1 Å². The van der Waals surface area contributed by atoms with Gasteiger partial charge in [-0.1, -0.05) is 247 Å². The highest BCUT2D eigenvalue weighted by molar-refractivity contribution is 5.71. The third kappa shape index (κ3) is 47.3. The Morgan fingerprint density at radius 1 is 0.288 bits per heavy atom. The summed E-state index contributed by atoms with van der Waals surface area (Å²) in [5, 5.41) is 0. The number of unbranched alkanes of at least 4 members (excludes halogenated alkanes) is 29. The highest BCUT2D eigenvalue weighted by atomic mass is 16.6. The van der Waals surface area contributed by atoms with Gasteiger partial charge >= 0.3 is 17.9 Å². The Morgan fingerprint density at radius 2 is 0.492 bits per heavy atom. The molecule has 6 nitrogen and oxygen atoms in total. The van der Waals surface area contributed by atoms with Crippen molar-refractivity contribution in [3.05, 3.63) is 0 Å². The lowest BCUT2D eigenvalue weighted by Crippen LogP contribution is -2.30. The molecule has 0 saturated heterocycles. The molecule has 0 rings (SSSR count). The Labute approximate surface area is 368 Å². The topological polar surface area (TPSA) is 78.9 Å². The fourth-order valence-electron chi connectivity index (χ4n) is 7.94. The van der Waals surface area contributed by atoms with E-state index < -0.39 is 6.10 Å². The molecule has 0 aliphatic heterocycles. The van der Waals surface area contributed by atoms with Crippen LogP contribution in [0.3, 0.4) is 0 Å². The standard InChI is InChI=1S/C53H102O6/c1-47(2)39-33-27-21-17-15-13-11-9-7-8-10-12-14-16-18-24-30-36-42-51(54)57-45-50(59-53(56)44-38-32-26-20-23-29-35-41-49(5)6)46-58-52(55)43-37-31-25-19-22-28-34-40-48(3)4/h47-50H,7-46H2,1-6H3/t50-/m1/s1. The van der Waals surface area contributed by atoms with Gasteiger partial charge in [-0.15, -0.1) is 0 Å². The minimum absolute atomic E-state index is 0.0658. The van der Waals surface area contributed by atoms with Gasteiger partial charge in [-0.2, -0.15) is 0 Å². The molecule has 0 amide bonds. The maximum Gasteiger partial charge on any atom is 0.306 e. The largest absolute Gasteiger partial charge is 0.462 e. The van der Waals surface area contributed by atoms with Gasteiger partial charge in [0.2, 0.25) is 0 Å². The van der Waals surface area contributed by atoms with Crippen molar-refractivity contribution in [2.75, 3.05) is 13.2 Å². The molecule has 0 fully saturated rings. The Morgan fingerprint density at radius 3 is 0.729 bits per heavy atom. The van der Waals surface area contributed by atoms with Gasteiger partial charge in [-0.25, -0.2) is 0 Å². The summed E-state index contributed by atoms with van der Waals surface area (Å²) in [5.74, 6) is 1.56. The summed E-state index contributed by atoms with van der Waals surface area (Å²) in [6.45, 7) is 13.6. The lowest BCUT2D eigenvalue weighted by molar-refractivity contribution is -0.167. The van der Waals surface area contributed by atoms with E-state index in [9.17, 15) is 14.4 Å². The molecular formula is C53H102O6. The highest BCUT2D eigenvalue weighted by Gasteiger charge is 2.19. The molecule has 0 aromatic rings. The van der Waals surface area contributed by atoms with Crippen molar-refractivity contribution in [1.29, 1.82) is 0 Å². The lowest BCUT2D eigenvalue weighted by Gasteiger charge is -2.18. The minimum Gasteiger partial charge on any atom is -0.462 e. The Kier molecular flexibility index (Phi) is 43.3. The fourth-order valence-corrected chi connectivity index (χ4v) is 7.94. The zero-order valence-corrected chi connectivity index (χ0v) is 40.5. The molecule has 0 aromatic heterocycles. The van der Waals surface area contributed by atoms with E-state index in [2.05, 4.69) is 41.5 Å². The van der Waals surface area contributed by atoms with Gasteiger partial charge in [0, 0.05) is 19.3 Å². The summed E-state index contributed by atoms with van der Waals surface area (Å²) in [5.41, 5.74) is 0. The zero-order valence-electron chi connectivity index (χ0n) is 40.5. The molecule has 59 heavy (non-hydrogen) atoms. The number of hydrogen-bond acceptors (Lipinski definition) is 6. The summed E-state index contributed by atoms with van der Waals surface area (Å²) < 4.78 is 16.8. The zero-order chi connectivity index (χ0) is 43.4. The summed E-state index contributed by atoms with van der Waals surface area (Å²) in [6.07, 6.45) is 44.0. The molecule has 0 aliphatic rings. The van der Waals surface area contributed by atoms with Gasteiger partial charge in [-0.3, -0.25) is 14.4 Å². The van der Waals surface area contributed by atoms with Gasteiger partial charge in [0.25, 0.3) is 0 Å². The van der Waals surface area contributed by atoms with Crippen LogP contribution in [0, 0.1) is 17.8 Å². The molecule has 0 unspecified atom stereocenters. The smallest absolute Gasteiger partial charge is 0.306 e. The number of ether oxygens (including phenoxy) is 3. The summed E-state index contributed by atoms with van der Waals surface area (Å²) in [6, 6.07) is 0. The molecule has 0 spiro atoms. The van der Waals surface area contributed by atoms with E-state index in [4.69, 9.17) is 14.2 Å². The second-order valence-electron chi connectivity index (χ2n) is 19.6. The summed E-state index contributed by atoms with van der Waals surface area (Å²) in [7, 11) is 0. The predicted molar refractivity (Wildman–Crippen MR) is 252 cm³/mol. The molecule has 0 bridgehead atoms. The first kappa shape index (κ1) is 57.4. The lowest BCUT2D eigenvalue weighted by atomic mass is 10.0. The maximum atomic E-state index is 12.7. The van der Waals surface area contributed by atoms with Gasteiger partial charge in [-0.05, 0) is 37.0 Å². The van der Waals surface area contributed by atoms with Crippen LogP contribution >= 0.6 is 0 Å². The van der Waals surface area contributed by atoms with E-state index in [0.29, 0.717) is 19.3 Å². The average Bonchev–Trinajstić information content (AvgIpc) is 3.19. The van der Waals surface area contributed by atoms with Gasteiger partial charge in [0.15, 0.2) is 6.10 Å². The number of rotatable bonds is 46. The Hall–Kier alpha value is -1.59. The van der Waals surface area contributed by atoms with Crippen molar-refractivity contribution >= 4 is 17.9 Å². The quantitative estimate of drug-likeness (QED) is 0.0345. The molecule has 1 atom stereocenters. The first-order valence-electron chi connectivity index (χ1n) is 26.1. The predicted octanol–water partition coefficient (Wildman–Crippen LogP) is 16.8. The highest BCUT2D eigenvalue weighted by Crippen LogP contribution is 2.18. The van der Waals surface area contributed by atoms with Gasteiger partial charge in [0.1, 0.15) is 13.2 Å². The van der Waals surface area contributed by atoms with Crippen molar-refractivity contribution in [2.45, 2.75) is 292 Å². The molecule has 0 heterocycles. The third-order valence-corrected chi connectivity index (χ3v) is 11.9. The van der Waals surface area contributed by atoms with Crippen molar-refractivity contribution in [1.82, 2.24) is 0 Å². The fraction of sp³-hybridized carbons (Fsp3) is 0.943. The van der Waals surface area contributed by atoms with Crippen LogP contribution in [0.2, 0.25) is 0 Å². The summed E-state index contributed by atoms with van der Waals surface area (Å²) in [4.78, 5) is 37.8. The second-order valence-corrected chi connectivity index (χ2v) is 19.6. The van der Waals surface area contributed by atoms with Crippen LogP contribution in [0.15, 0.2) is 0 Å². The number of esters is 3. The van der Waals surface area contributed by atoms with Gasteiger partial charge in [0.05, 0.1) is 0 Å². The molecule has 0 saturated carbocycles. The Balaban J connectivity index is 4.17. The van der Waals surface area contributed by atoms with Crippen LogP contribution in [-0.4, -0.2) is 37.2 Å². The van der Waals surface area contributed by atoms with Crippen LogP contribution < -0.4 is 0 Å². The van der Waals surface area contributed by atoms with Crippen LogP contribution in [-0.2, 0) is 28.6 Å². The van der Waals surface area contributed by atoms with E-state index in [1.54, 1.807) is 0 Å². The van der Waals surface area contributed by atoms with E-state index in [1.165, 1.54) is 167 Å². The summed E-state index contributed by atoms with van der Waals surface area (Å²) >= 11 is 0. The minimum atomic E-state index is -0.763. The van der Waals surface area contributed by atoms with Crippen molar-refractivity contribution in [3.8, 4) is 0 Å². The van der Waals surface area contributed by atoms with E-state index in [1.807, 2.05) is 0 Å². The van der Waals surface area contributed by atoms with Crippen LogP contribution in [0.1, 0.15) is 286 Å². The Bertz CT molecular complexity index is 914. The van der Waals surface area contributed by atoms with Gasteiger partial charge < -0.3 is 14.2 Å². The SMILES string of the molecule is CC(C)CCCCCCCCCCCCCCCCCCCCC(=O)OC[C@H](COC(=O)CCCCCCCCCC(C)C)OC(=O)CCCCCCCCCC(C)C. The monoisotopic (exact) mass is 835 g/mol. The third-order valence-electron chi connectivity index (χ3n) is 11.9. The molecule has 6 heteroatoms. The molecule has 0 radical (unpaired) electrons. The first-order valence-corrected chi connectivity index (χ1v) is 26.1. The average molecular weight is 835 g/mol. The number of hydrogen-bond donors (Lipinski definition) is 0. The second kappa shape index (κ2) is 44.5. The molecule has 0 aliphatic carbocycles. The van der Waals surface area contributed by atoms with Crippen LogP contribution in [0.25, 0.3) is 0 Å². The first-order chi connectivity index (χ1) is 28.6. The molecule has 350 valence electrons. The van der Waals surface area contributed by atoms with Crippen LogP contribution in [0.5, 0.6) is 0 Å². The molecular weight excluding hydrogens is 733 g/mol. The van der Waals surface area contributed by atoms with Crippen LogP contribution in [0.4, 0.5) is 0 Å². The van der Waals surface area contributed by atoms with Crippen molar-refractivity contribution < 1.29 is 28.6 Å². The van der Waals surface area contributed by atoms with E-state index in [0.717, 1.165) is 75.5 Å².